The van der Waals surface area contributed by atoms with Gasteiger partial charge in [-0.3, -0.25) is 0 Å². The van der Waals surface area contributed by atoms with Gasteiger partial charge in [-0.25, -0.2) is 0 Å². The Labute approximate surface area is 155 Å². The second-order valence-corrected chi connectivity index (χ2v) is 5.62. The predicted molar refractivity (Wildman–Crippen MR) is 103 cm³/mol. The Morgan fingerprint density at radius 3 is 2.08 bits per heavy atom. The lowest BCUT2D eigenvalue weighted by molar-refractivity contribution is 0.244. The second-order valence-electron chi connectivity index (χ2n) is 5.21. The van der Waals surface area contributed by atoms with Crippen LogP contribution < -0.4 is 9.47 Å². The van der Waals surface area contributed by atoms with E-state index in [1.165, 1.54) is 0 Å². The van der Waals surface area contributed by atoms with E-state index in [0.29, 0.717) is 23.1 Å². The first-order valence-corrected chi connectivity index (χ1v) is 8.49. The highest BCUT2D eigenvalue weighted by Crippen LogP contribution is 2.34. The van der Waals surface area contributed by atoms with Crippen molar-refractivity contribution in [1.29, 1.82) is 0 Å². The summed E-state index contributed by atoms with van der Waals surface area (Å²) in [7, 11) is 0. The van der Waals surface area contributed by atoms with E-state index in [2.05, 4.69) is 18.7 Å². The van der Waals surface area contributed by atoms with Gasteiger partial charge in [0.05, 0.1) is 11.6 Å². The van der Waals surface area contributed by atoms with E-state index in [9.17, 15) is 0 Å². The Morgan fingerprint density at radius 2 is 1.46 bits per heavy atom. The van der Waals surface area contributed by atoms with Crippen LogP contribution in [0.5, 0.6) is 17.2 Å². The minimum atomic E-state index is 0. The number of nitrogens with zero attached hydrogens (tertiary/aromatic N) is 1. The number of hydrogen-bond acceptors (Lipinski definition) is 3. The van der Waals surface area contributed by atoms with Gasteiger partial charge in [-0.1, -0.05) is 49.7 Å². The molecule has 0 fully saturated rings. The first-order chi connectivity index (χ1) is 11.2. The zero-order valence-electron chi connectivity index (χ0n) is 14.2. The van der Waals surface area contributed by atoms with Gasteiger partial charge < -0.3 is 14.4 Å². The fourth-order valence-electron chi connectivity index (χ4n) is 2.31. The van der Waals surface area contributed by atoms with Crippen molar-refractivity contribution >= 4 is 24.0 Å². The molecule has 0 amide bonds. The molecule has 2 aromatic rings. The van der Waals surface area contributed by atoms with E-state index in [1.54, 1.807) is 0 Å². The molecule has 0 unspecified atom stereocenters. The van der Waals surface area contributed by atoms with Gasteiger partial charge in [-0.15, -0.1) is 12.4 Å². The maximum atomic E-state index is 6.15. The van der Waals surface area contributed by atoms with Crippen molar-refractivity contribution in [3.8, 4) is 17.2 Å². The van der Waals surface area contributed by atoms with E-state index >= 15 is 0 Å². The first-order valence-electron chi connectivity index (χ1n) is 8.11. The molecule has 0 bridgehead atoms. The Morgan fingerprint density at radius 1 is 0.875 bits per heavy atom. The van der Waals surface area contributed by atoms with Gasteiger partial charge in [0.1, 0.15) is 5.75 Å². The van der Waals surface area contributed by atoms with Crippen molar-refractivity contribution in [3.63, 3.8) is 0 Å². The van der Waals surface area contributed by atoms with Gasteiger partial charge in [-0.05, 0) is 43.8 Å². The largest absolute Gasteiger partial charge is 0.490 e. The van der Waals surface area contributed by atoms with E-state index < -0.39 is 0 Å². The lowest BCUT2D eigenvalue weighted by atomic mass is 10.3. The molecule has 132 valence electrons. The molecule has 2 aromatic carbocycles. The molecule has 5 heteroatoms. The van der Waals surface area contributed by atoms with Crippen LogP contribution in [0.25, 0.3) is 0 Å². The number of benzene rings is 2. The van der Waals surface area contributed by atoms with Gasteiger partial charge >= 0.3 is 0 Å². The summed E-state index contributed by atoms with van der Waals surface area (Å²) in [4.78, 5) is 2.38. The summed E-state index contributed by atoms with van der Waals surface area (Å²) in [6, 6.07) is 15.1. The quantitative estimate of drug-likeness (QED) is 0.531. The van der Waals surface area contributed by atoms with Gasteiger partial charge in [-0.2, -0.15) is 0 Å². The lowest BCUT2D eigenvalue weighted by Gasteiger charge is -2.18. The van der Waals surface area contributed by atoms with Crippen molar-refractivity contribution in [2.45, 2.75) is 20.3 Å². The summed E-state index contributed by atoms with van der Waals surface area (Å²) in [5.41, 5.74) is 0. The SMILES string of the molecule is CCN(CC)CCCOc1ccccc1Oc1ccccc1Cl.Cl. The standard InChI is InChI=1S/C19H24ClNO2.ClH/c1-3-21(4-2)14-9-15-22-18-12-7-8-13-19(18)23-17-11-6-5-10-16(17)20;/h5-8,10-13H,3-4,9,14-15H2,1-2H3;1H. The summed E-state index contributed by atoms with van der Waals surface area (Å²) >= 11 is 6.15. The molecule has 24 heavy (non-hydrogen) atoms. The number of ether oxygens (including phenoxy) is 2. The van der Waals surface area contributed by atoms with E-state index in [4.69, 9.17) is 21.1 Å². The minimum absolute atomic E-state index is 0. The molecule has 2 rings (SSSR count). The van der Waals surface area contributed by atoms with Crippen LogP contribution in [-0.2, 0) is 0 Å². The van der Waals surface area contributed by atoms with E-state index in [-0.39, 0.29) is 12.4 Å². The van der Waals surface area contributed by atoms with Gasteiger partial charge in [0.2, 0.25) is 0 Å². The molecule has 0 aliphatic carbocycles. The zero-order valence-corrected chi connectivity index (χ0v) is 15.8. The average Bonchev–Trinajstić information content (AvgIpc) is 2.58. The highest BCUT2D eigenvalue weighted by atomic mass is 35.5. The molecule has 0 saturated carbocycles. The van der Waals surface area contributed by atoms with Crippen LogP contribution in [0.15, 0.2) is 48.5 Å². The Bertz CT molecular complexity index is 603. The summed E-state index contributed by atoms with van der Waals surface area (Å²) in [6.45, 7) is 8.21. The van der Waals surface area contributed by atoms with E-state index in [0.717, 1.165) is 31.8 Å². The third-order valence-corrected chi connectivity index (χ3v) is 3.99. The third kappa shape index (κ3) is 6.23. The van der Waals surface area contributed by atoms with Gasteiger partial charge in [0.15, 0.2) is 11.5 Å². The molecular weight excluding hydrogens is 345 g/mol. The molecule has 3 nitrogen and oxygen atoms in total. The highest BCUT2D eigenvalue weighted by molar-refractivity contribution is 6.32. The van der Waals surface area contributed by atoms with Crippen LogP contribution in [0.3, 0.4) is 0 Å². The summed E-state index contributed by atoms with van der Waals surface area (Å²) in [5.74, 6) is 2.06. The number of halogens is 2. The lowest BCUT2D eigenvalue weighted by Crippen LogP contribution is -2.25. The Hall–Kier alpha value is -1.42. The average molecular weight is 370 g/mol. The molecule has 0 atom stereocenters. The van der Waals surface area contributed by atoms with Crippen LogP contribution >= 0.6 is 24.0 Å². The maximum absolute atomic E-state index is 6.15. The molecule has 0 aliphatic heterocycles. The molecule has 0 radical (unpaired) electrons. The Kier molecular flexibility index (Phi) is 9.62. The molecular formula is C19H25Cl2NO2. The van der Waals surface area contributed by atoms with Crippen molar-refractivity contribution in [2.75, 3.05) is 26.2 Å². The molecule has 0 aromatic heterocycles. The number of rotatable bonds is 9. The number of para-hydroxylation sites is 3. The maximum Gasteiger partial charge on any atom is 0.169 e. The molecule has 0 saturated heterocycles. The molecule has 0 N–H and O–H groups in total. The van der Waals surface area contributed by atoms with Crippen LogP contribution in [0.1, 0.15) is 20.3 Å². The molecule has 0 heterocycles. The predicted octanol–water partition coefficient (Wildman–Crippen LogP) is 5.66. The van der Waals surface area contributed by atoms with Crippen molar-refractivity contribution in [1.82, 2.24) is 4.90 Å². The summed E-state index contributed by atoms with van der Waals surface area (Å²) in [6.07, 6.45) is 0.988. The van der Waals surface area contributed by atoms with E-state index in [1.807, 2.05) is 48.5 Å². The van der Waals surface area contributed by atoms with Crippen LogP contribution in [0, 0.1) is 0 Å². The second kappa shape index (κ2) is 11.2. The molecule has 0 spiro atoms. The van der Waals surface area contributed by atoms with Gasteiger partial charge in [0, 0.05) is 6.54 Å². The highest BCUT2D eigenvalue weighted by Gasteiger charge is 2.08. The number of hydrogen-bond donors (Lipinski definition) is 0. The van der Waals surface area contributed by atoms with Crippen molar-refractivity contribution in [2.24, 2.45) is 0 Å². The van der Waals surface area contributed by atoms with Crippen LogP contribution in [-0.4, -0.2) is 31.1 Å². The fourth-order valence-corrected chi connectivity index (χ4v) is 2.48. The minimum Gasteiger partial charge on any atom is -0.490 e. The topological polar surface area (TPSA) is 21.7 Å². The van der Waals surface area contributed by atoms with Gasteiger partial charge in [0.25, 0.3) is 0 Å². The smallest absolute Gasteiger partial charge is 0.169 e. The Balaban J connectivity index is 0.00000288. The molecule has 0 aliphatic rings. The van der Waals surface area contributed by atoms with Crippen LogP contribution in [0.4, 0.5) is 0 Å². The fraction of sp³-hybridized carbons (Fsp3) is 0.368. The third-order valence-electron chi connectivity index (χ3n) is 3.68. The normalized spacial score (nSPS) is 10.3. The van der Waals surface area contributed by atoms with Crippen molar-refractivity contribution < 1.29 is 9.47 Å². The summed E-state index contributed by atoms with van der Waals surface area (Å²) < 4.78 is 11.8. The first kappa shape index (κ1) is 20.6. The van der Waals surface area contributed by atoms with Crippen LogP contribution in [0.2, 0.25) is 5.02 Å². The zero-order chi connectivity index (χ0) is 16.5. The monoisotopic (exact) mass is 369 g/mol. The van der Waals surface area contributed by atoms with Crippen molar-refractivity contribution in [3.05, 3.63) is 53.6 Å². The summed E-state index contributed by atoms with van der Waals surface area (Å²) in [5, 5.41) is 0.587.